The van der Waals surface area contributed by atoms with E-state index >= 15 is 0 Å². The summed E-state index contributed by atoms with van der Waals surface area (Å²) in [6, 6.07) is 8.73. The molecule has 0 aliphatic rings. The second-order valence-electron chi connectivity index (χ2n) is 5.19. The number of aromatic nitrogens is 1. The van der Waals surface area contributed by atoms with E-state index in [0.717, 1.165) is 18.7 Å². The largest absolute Gasteiger partial charge is 0.315 e. The van der Waals surface area contributed by atoms with Gasteiger partial charge in [0.25, 0.3) is 0 Å². The van der Waals surface area contributed by atoms with Crippen molar-refractivity contribution < 1.29 is 0 Å². The molecule has 1 heterocycles. The lowest BCUT2D eigenvalue weighted by Crippen LogP contribution is -2.13. The lowest BCUT2D eigenvalue weighted by Gasteiger charge is -2.07. The minimum atomic E-state index is 0.00911. The van der Waals surface area contributed by atoms with Crippen molar-refractivity contribution in [2.24, 2.45) is 5.92 Å². The molecule has 0 spiro atoms. The topological polar surface area (TPSA) is 44.9 Å². The zero-order valence-electron chi connectivity index (χ0n) is 11.4. The monoisotopic (exact) mass is 276 g/mol. The van der Waals surface area contributed by atoms with E-state index in [9.17, 15) is 4.79 Å². The lowest BCUT2D eigenvalue weighted by molar-refractivity contribution is 0.646. The van der Waals surface area contributed by atoms with Crippen LogP contribution in [0.15, 0.2) is 34.4 Å². The average Bonchev–Trinajstić information content (AvgIpc) is 2.77. The van der Waals surface area contributed by atoms with Crippen LogP contribution >= 0.6 is 11.3 Å². The molecule has 0 fully saturated rings. The number of hydrogen-bond donors (Lipinski definition) is 2. The van der Waals surface area contributed by atoms with Crippen molar-refractivity contribution in [3.63, 3.8) is 0 Å². The summed E-state index contributed by atoms with van der Waals surface area (Å²) in [7, 11) is 0. The van der Waals surface area contributed by atoms with E-state index in [1.165, 1.54) is 22.5 Å². The number of benzene rings is 1. The highest BCUT2D eigenvalue weighted by molar-refractivity contribution is 7.07. The molecular weight excluding hydrogens is 256 g/mol. The van der Waals surface area contributed by atoms with Gasteiger partial charge in [0.15, 0.2) is 0 Å². The summed E-state index contributed by atoms with van der Waals surface area (Å²) in [5.74, 6) is 0.694. The van der Waals surface area contributed by atoms with E-state index in [-0.39, 0.29) is 4.87 Å². The maximum absolute atomic E-state index is 11.0. The first-order valence-corrected chi connectivity index (χ1v) is 7.46. The van der Waals surface area contributed by atoms with Gasteiger partial charge >= 0.3 is 4.87 Å². The van der Waals surface area contributed by atoms with Crippen LogP contribution in [-0.4, -0.2) is 4.98 Å². The quantitative estimate of drug-likeness (QED) is 0.852. The average molecular weight is 276 g/mol. The van der Waals surface area contributed by atoms with Crippen LogP contribution in [-0.2, 0) is 19.5 Å². The normalized spacial score (nSPS) is 11.1. The fraction of sp³-hybridized carbons (Fsp3) is 0.400. The molecule has 1 aromatic heterocycles. The Bertz CT molecular complexity index is 554. The Kier molecular flexibility index (Phi) is 4.93. The molecule has 0 unspecified atom stereocenters. The third-order valence-corrected chi connectivity index (χ3v) is 3.60. The highest BCUT2D eigenvalue weighted by atomic mass is 32.1. The van der Waals surface area contributed by atoms with Gasteiger partial charge in [0.1, 0.15) is 0 Å². The van der Waals surface area contributed by atoms with E-state index in [2.05, 4.69) is 48.4 Å². The van der Waals surface area contributed by atoms with Gasteiger partial charge in [-0.05, 0) is 23.5 Å². The van der Waals surface area contributed by atoms with E-state index in [4.69, 9.17) is 0 Å². The van der Waals surface area contributed by atoms with Crippen molar-refractivity contribution in [2.75, 3.05) is 0 Å². The molecule has 2 aromatic rings. The van der Waals surface area contributed by atoms with Gasteiger partial charge in [-0.25, -0.2) is 0 Å². The molecule has 2 rings (SSSR count). The van der Waals surface area contributed by atoms with Crippen LogP contribution < -0.4 is 10.2 Å². The zero-order valence-corrected chi connectivity index (χ0v) is 12.2. The highest BCUT2D eigenvalue weighted by Crippen LogP contribution is 2.09. The first-order chi connectivity index (χ1) is 9.13. The van der Waals surface area contributed by atoms with Gasteiger partial charge in [-0.15, -0.1) is 0 Å². The Hall–Kier alpha value is -1.39. The van der Waals surface area contributed by atoms with Crippen LogP contribution in [0.25, 0.3) is 0 Å². The fourth-order valence-electron chi connectivity index (χ4n) is 2.01. The van der Waals surface area contributed by atoms with Crippen LogP contribution in [0.3, 0.4) is 0 Å². The fourth-order valence-corrected chi connectivity index (χ4v) is 2.59. The number of H-pyrrole nitrogens is 1. The highest BCUT2D eigenvalue weighted by Gasteiger charge is 1.99. The van der Waals surface area contributed by atoms with Gasteiger partial charge in [-0.3, -0.25) is 4.79 Å². The van der Waals surface area contributed by atoms with Crippen LogP contribution in [0.4, 0.5) is 0 Å². The summed E-state index contributed by atoms with van der Waals surface area (Å²) in [5, 5.41) is 5.19. The van der Waals surface area contributed by atoms with Crippen molar-refractivity contribution in [2.45, 2.75) is 33.4 Å². The summed E-state index contributed by atoms with van der Waals surface area (Å²) >= 11 is 1.21. The third-order valence-electron chi connectivity index (χ3n) is 2.88. The van der Waals surface area contributed by atoms with Gasteiger partial charge < -0.3 is 10.3 Å². The van der Waals surface area contributed by atoms with Crippen molar-refractivity contribution in [3.8, 4) is 0 Å². The van der Waals surface area contributed by atoms with Crippen LogP contribution in [0.1, 0.15) is 30.7 Å². The van der Waals surface area contributed by atoms with Gasteiger partial charge in [0, 0.05) is 24.2 Å². The predicted molar refractivity (Wildman–Crippen MR) is 80.5 cm³/mol. The second kappa shape index (κ2) is 6.68. The Morgan fingerprint density at radius 3 is 2.42 bits per heavy atom. The molecule has 19 heavy (non-hydrogen) atoms. The molecule has 1 aromatic carbocycles. The summed E-state index contributed by atoms with van der Waals surface area (Å²) in [6.45, 7) is 5.99. The van der Waals surface area contributed by atoms with E-state index in [0.29, 0.717) is 12.5 Å². The summed E-state index contributed by atoms with van der Waals surface area (Å²) < 4.78 is 0. The molecule has 0 saturated carbocycles. The Balaban J connectivity index is 1.81. The molecule has 0 radical (unpaired) electrons. The molecule has 3 nitrogen and oxygen atoms in total. The Morgan fingerprint density at radius 2 is 1.84 bits per heavy atom. The molecule has 0 atom stereocenters. The van der Waals surface area contributed by atoms with Gasteiger partial charge in [0.05, 0.1) is 0 Å². The lowest BCUT2D eigenvalue weighted by atomic mass is 10.0. The molecule has 0 aliphatic heterocycles. The van der Waals surface area contributed by atoms with Gasteiger partial charge in [-0.1, -0.05) is 49.4 Å². The number of nitrogens with one attached hydrogen (secondary N) is 2. The SMILES string of the molecule is CC(C)Cc1ccc(CNCc2csc(=O)[nH]2)cc1. The molecular formula is C15H20N2OS. The van der Waals surface area contributed by atoms with Crippen molar-refractivity contribution in [3.05, 3.63) is 56.1 Å². The van der Waals surface area contributed by atoms with Gasteiger partial charge in [-0.2, -0.15) is 0 Å². The standard InChI is InChI=1S/C15H20N2OS/c1-11(2)7-12-3-5-13(6-4-12)8-16-9-14-10-19-15(18)17-14/h3-6,10-11,16H,7-9H2,1-2H3,(H,17,18). The molecule has 0 bridgehead atoms. The Morgan fingerprint density at radius 1 is 1.16 bits per heavy atom. The summed E-state index contributed by atoms with van der Waals surface area (Å²) in [4.78, 5) is 13.8. The number of hydrogen-bond acceptors (Lipinski definition) is 3. The first-order valence-electron chi connectivity index (χ1n) is 6.58. The molecule has 0 saturated heterocycles. The van der Waals surface area contributed by atoms with Crippen LogP contribution in [0.5, 0.6) is 0 Å². The van der Waals surface area contributed by atoms with Crippen molar-refractivity contribution >= 4 is 11.3 Å². The zero-order chi connectivity index (χ0) is 13.7. The molecule has 0 amide bonds. The molecule has 0 aliphatic carbocycles. The summed E-state index contributed by atoms with van der Waals surface area (Å²) in [5.41, 5.74) is 3.61. The van der Waals surface area contributed by atoms with Crippen molar-refractivity contribution in [1.82, 2.24) is 10.3 Å². The number of thiazole rings is 1. The molecule has 2 N–H and O–H groups in total. The number of rotatable bonds is 6. The number of aromatic amines is 1. The maximum Gasteiger partial charge on any atom is 0.304 e. The van der Waals surface area contributed by atoms with Gasteiger partial charge in [0.2, 0.25) is 0 Å². The summed E-state index contributed by atoms with van der Waals surface area (Å²) in [6.07, 6.45) is 1.13. The predicted octanol–water partition coefficient (Wildman–Crippen LogP) is 2.92. The van der Waals surface area contributed by atoms with Crippen LogP contribution in [0, 0.1) is 5.92 Å². The smallest absolute Gasteiger partial charge is 0.304 e. The van der Waals surface area contributed by atoms with E-state index < -0.39 is 0 Å². The Labute approximate surface area is 117 Å². The minimum Gasteiger partial charge on any atom is -0.315 e. The minimum absolute atomic E-state index is 0.00911. The first kappa shape index (κ1) is 14.0. The second-order valence-corrected chi connectivity index (χ2v) is 6.03. The maximum atomic E-state index is 11.0. The van der Waals surface area contributed by atoms with Crippen LogP contribution in [0.2, 0.25) is 0 Å². The molecule has 102 valence electrons. The van der Waals surface area contributed by atoms with Crippen molar-refractivity contribution in [1.29, 1.82) is 0 Å². The molecule has 4 heteroatoms. The van der Waals surface area contributed by atoms with E-state index in [1.54, 1.807) is 0 Å². The van der Waals surface area contributed by atoms with E-state index in [1.807, 2.05) is 5.38 Å². The third kappa shape index (κ3) is 4.65.